The van der Waals surface area contributed by atoms with Crippen LogP contribution < -0.4 is 25.8 Å². The Morgan fingerprint density at radius 1 is 1.07 bits per heavy atom. The van der Waals surface area contributed by atoms with Crippen molar-refractivity contribution in [3.05, 3.63) is 47.8 Å². The maximum Gasteiger partial charge on any atom is 0.319 e. The first kappa shape index (κ1) is 22.0. The average Bonchev–Trinajstić information content (AvgIpc) is 2.68. The van der Waals surface area contributed by atoms with E-state index >= 15 is 0 Å². The van der Waals surface area contributed by atoms with Crippen LogP contribution in [0.15, 0.2) is 36.4 Å². The van der Waals surface area contributed by atoms with Crippen LogP contribution in [-0.2, 0) is 0 Å². The number of nitrogens with two attached hydrogens (primary N) is 1. The molecule has 4 N–H and O–H groups in total. The van der Waals surface area contributed by atoms with Gasteiger partial charge in [0, 0.05) is 23.9 Å². The standard InChI is InChI=1S/C21H26FN3O4/c1-4-13(5-2)24-21(27)25-14-7-10-18(19(11-14)28-6-3)29-15-8-9-16(20(23)26)17(22)12-15/h7-13H,4-6H2,1-3H3,(H2,23,26)(H2,24,25,27). The summed E-state index contributed by atoms with van der Waals surface area (Å²) in [6.45, 7) is 6.19. The predicted molar refractivity (Wildman–Crippen MR) is 109 cm³/mol. The van der Waals surface area contributed by atoms with E-state index in [4.69, 9.17) is 15.2 Å². The van der Waals surface area contributed by atoms with Gasteiger partial charge in [-0.2, -0.15) is 0 Å². The number of carbonyl (C=O) groups is 2. The minimum Gasteiger partial charge on any atom is -0.490 e. The van der Waals surface area contributed by atoms with Crippen molar-refractivity contribution in [1.82, 2.24) is 5.32 Å². The predicted octanol–water partition coefficient (Wildman–Crippen LogP) is 4.43. The monoisotopic (exact) mass is 403 g/mol. The van der Waals surface area contributed by atoms with E-state index in [2.05, 4.69) is 10.6 Å². The lowest BCUT2D eigenvalue weighted by molar-refractivity contribution is 0.0996. The van der Waals surface area contributed by atoms with Crippen LogP contribution in [0.3, 0.4) is 0 Å². The number of hydrogen-bond acceptors (Lipinski definition) is 4. The summed E-state index contributed by atoms with van der Waals surface area (Å²) in [5, 5.41) is 5.65. The van der Waals surface area contributed by atoms with E-state index in [1.165, 1.54) is 12.1 Å². The smallest absolute Gasteiger partial charge is 0.319 e. The van der Waals surface area contributed by atoms with Crippen molar-refractivity contribution in [2.75, 3.05) is 11.9 Å². The molecule has 29 heavy (non-hydrogen) atoms. The molecule has 0 saturated carbocycles. The van der Waals surface area contributed by atoms with Crippen molar-refractivity contribution >= 4 is 17.6 Å². The van der Waals surface area contributed by atoms with E-state index in [-0.39, 0.29) is 23.4 Å². The van der Waals surface area contributed by atoms with Gasteiger partial charge in [-0.3, -0.25) is 4.79 Å². The van der Waals surface area contributed by atoms with Crippen LogP contribution in [0, 0.1) is 5.82 Å². The van der Waals surface area contributed by atoms with Crippen molar-refractivity contribution in [1.29, 1.82) is 0 Å². The molecule has 2 aromatic carbocycles. The molecule has 0 radical (unpaired) electrons. The molecule has 0 heterocycles. The first-order valence-corrected chi connectivity index (χ1v) is 9.49. The van der Waals surface area contributed by atoms with E-state index < -0.39 is 11.7 Å². The summed E-state index contributed by atoms with van der Waals surface area (Å²) < 4.78 is 25.2. The van der Waals surface area contributed by atoms with Crippen LogP contribution in [0.1, 0.15) is 44.0 Å². The third-order valence-electron chi connectivity index (χ3n) is 4.26. The number of primary amides is 1. The molecule has 0 aliphatic carbocycles. The van der Waals surface area contributed by atoms with E-state index in [1.807, 2.05) is 20.8 Å². The normalized spacial score (nSPS) is 10.5. The summed E-state index contributed by atoms with van der Waals surface area (Å²) in [6, 6.07) is 8.45. The highest BCUT2D eigenvalue weighted by molar-refractivity contribution is 5.93. The van der Waals surface area contributed by atoms with Crippen molar-refractivity contribution in [2.45, 2.75) is 39.7 Å². The summed E-state index contributed by atoms with van der Waals surface area (Å²) in [6.07, 6.45) is 1.68. The number of amides is 3. The summed E-state index contributed by atoms with van der Waals surface area (Å²) in [7, 11) is 0. The molecule has 156 valence electrons. The zero-order chi connectivity index (χ0) is 21.4. The van der Waals surface area contributed by atoms with Crippen LogP contribution in [0.25, 0.3) is 0 Å². The lowest BCUT2D eigenvalue weighted by atomic mass is 10.2. The molecule has 0 aromatic heterocycles. The van der Waals surface area contributed by atoms with Crippen molar-refractivity contribution in [2.24, 2.45) is 5.73 Å². The molecule has 0 unspecified atom stereocenters. The Labute approximate surface area is 169 Å². The highest BCUT2D eigenvalue weighted by Gasteiger charge is 2.14. The van der Waals surface area contributed by atoms with Crippen LogP contribution >= 0.6 is 0 Å². The van der Waals surface area contributed by atoms with Gasteiger partial charge in [0.15, 0.2) is 11.5 Å². The van der Waals surface area contributed by atoms with Gasteiger partial charge in [-0.15, -0.1) is 0 Å². The molecular weight excluding hydrogens is 377 g/mol. The zero-order valence-corrected chi connectivity index (χ0v) is 16.8. The van der Waals surface area contributed by atoms with Gasteiger partial charge in [0.05, 0.1) is 12.2 Å². The van der Waals surface area contributed by atoms with E-state index in [0.29, 0.717) is 23.8 Å². The summed E-state index contributed by atoms with van der Waals surface area (Å²) in [4.78, 5) is 23.3. The third-order valence-corrected chi connectivity index (χ3v) is 4.26. The van der Waals surface area contributed by atoms with Gasteiger partial charge < -0.3 is 25.8 Å². The Hall–Kier alpha value is -3.29. The second-order valence-electron chi connectivity index (χ2n) is 6.31. The highest BCUT2D eigenvalue weighted by atomic mass is 19.1. The zero-order valence-electron chi connectivity index (χ0n) is 16.8. The molecule has 0 aliphatic heterocycles. The topological polar surface area (TPSA) is 103 Å². The fourth-order valence-corrected chi connectivity index (χ4v) is 2.67. The summed E-state index contributed by atoms with van der Waals surface area (Å²) in [5.41, 5.74) is 5.42. The number of carbonyl (C=O) groups excluding carboxylic acids is 2. The fraction of sp³-hybridized carbons (Fsp3) is 0.333. The lowest BCUT2D eigenvalue weighted by Crippen LogP contribution is -2.37. The Balaban J connectivity index is 2.18. The molecule has 0 spiro atoms. The van der Waals surface area contributed by atoms with E-state index in [9.17, 15) is 14.0 Å². The molecule has 0 aliphatic rings. The number of nitrogens with one attached hydrogen (secondary N) is 2. The Morgan fingerprint density at radius 3 is 2.38 bits per heavy atom. The summed E-state index contributed by atoms with van der Waals surface area (Å²) >= 11 is 0. The van der Waals surface area contributed by atoms with Crippen molar-refractivity contribution in [3.8, 4) is 17.2 Å². The second kappa shape index (κ2) is 10.3. The number of hydrogen-bond donors (Lipinski definition) is 3. The first-order chi connectivity index (χ1) is 13.9. The Bertz CT molecular complexity index is 869. The first-order valence-electron chi connectivity index (χ1n) is 9.49. The SMILES string of the molecule is CCOc1cc(NC(=O)NC(CC)CC)ccc1Oc1ccc(C(N)=O)c(F)c1. The maximum atomic E-state index is 14.0. The molecule has 0 fully saturated rings. The molecule has 2 aromatic rings. The van der Waals surface area contributed by atoms with Gasteiger partial charge in [-0.25, -0.2) is 9.18 Å². The summed E-state index contributed by atoms with van der Waals surface area (Å²) in [5.74, 6) is -0.729. The quantitative estimate of drug-likeness (QED) is 0.576. The van der Waals surface area contributed by atoms with Gasteiger partial charge in [0.1, 0.15) is 11.6 Å². The molecule has 7 nitrogen and oxygen atoms in total. The highest BCUT2D eigenvalue weighted by Crippen LogP contribution is 2.34. The van der Waals surface area contributed by atoms with E-state index in [0.717, 1.165) is 18.9 Å². The number of halogens is 1. The van der Waals surface area contributed by atoms with Gasteiger partial charge in [-0.1, -0.05) is 13.8 Å². The van der Waals surface area contributed by atoms with Gasteiger partial charge >= 0.3 is 6.03 Å². The lowest BCUT2D eigenvalue weighted by Gasteiger charge is -2.17. The van der Waals surface area contributed by atoms with Crippen LogP contribution in [0.4, 0.5) is 14.9 Å². The van der Waals surface area contributed by atoms with Gasteiger partial charge in [-0.05, 0) is 44.0 Å². The molecule has 8 heteroatoms. The fourth-order valence-electron chi connectivity index (χ4n) is 2.67. The van der Waals surface area contributed by atoms with Crippen LogP contribution in [0.2, 0.25) is 0 Å². The van der Waals surface area contributed by atoms with Gasteiger partial charge in [0.2, 0.25) is 0 Å². The third kappa shape index (κ3) is 6.10. The molecule has 2 rings (SSSR count). The van der Waals surface area contributed by atoms with Crippen molar-refractivity contribution in [3.63, 3.8) is 0 Å². The maximum absolute atomic E-state index is 14.0. The average molecular weight is 403 g/mol. The number of ether oxygens (including phenoxy) is 2. The van der Waals surface area contributed by atoms with Crippen LogP contribution in [0.5, 0.6) is 17.2 Å². The Kier molecular flexibility index (Phi) is 7.82. The minimum atomic E-state index is -0.855. The largest absolute Gasteiger partial charge is 0.490 e. The molecule has 0 bridgehead atoms. The molecule has 3 amide bonds. The molecule has 0 saturated heterocycles. The number of urea groups is 1. The minimum absolute atomic E-state index is 0.0993. The number of anilines is 1. The van der Waals surface area contributed by atoms with Crippen LogP contribution in [-0.4, -0.2) is 24.6 Å². The second-order valence-corrected chi connectivity index (χ2v) is 6.31. The number of rotatable bonds is 9. The molecular formula is C21H26FN3O4. The van der Waals surface area contributed by atoms with E-state index in [1.54, 1.807) is 18.2 Å². The Morgan fingerprint density at radius 2 is 1.79 bits per heavy atom. The van der Waals surface area contributed by atoms with Crippen molar-refractivity contribution < 1.29 is 23.5 Å². The molecule has 0 atom stereocenters. The van der Waals surface area contributed by atoms with Gasteiger partial charge in [0.25, 0.3) is 5.91 Å². The number of benzene rings is 2.